The van der Waals surface area contributed by atoms with Gasteiger partial charge in [-0.05, 0) is 48.9 Å². The molecular weight excluding hydrogens is 463 g/mol. The van der Waals surface area contributed by atoms with Crippen molar-refractivity contribution >= 4 is 11.6 Å². The molecule has 6 heteroatoms. The monoisotopic (exact) mass is 490 g/mol. The maximum absolute atomic E-state index is 14.7. The summed E-state index contributed by atoms with van der Waals surface area (Å²) in [5.41, 5.74) is 4.68. The van der Waals surface area contributed by atoms with Crippen molar-refractivity contribution in [3.05, 3.63) is 114 Å². The van der Waals surface area contributed by atoms with E-state index in [4.69, 9.17) is 5.10 Å². The van der Waals surface area contributed by atoms with Gasteiger partial charge in [0.1, 0.15) is 11.5 Å². The number of aromatic nitrogens is 3. The highest BCUT2D eigenvalue weighted by atomic mass is 19.1. The first-order chi connectivity index (χ1) is 18.2. The lowest BCUT2D eigenvalue weighted by Crippen LogP contribution is -2.39. The second kappa shape index (κ2) is 9.97. The zero-order valence-corrected chi connectivity index (χ0v) is 20.4. The standard InChI is InChI=1S/C31H27FN4O/c32-26-14-8-7-13-25(26)28-20-29(36-30(33-28)21-27(34-36)24-11-5-2-6-12-24)31(37)35-17-15-23(16-18-35)19-22-9-3-1-4-10-22/h1-14,20-21,23H,15-19H2. The molecule has 37 heavy (non-hydrogen) atoms. The smallest absolute Gasteiger partial charge is 0.272 e. The van der Waals surface area contributed by atoms with Crippen LogP contribution in [0.15, 0.2) is 97.1 Å². The van der Waals surface area contributed by atoms with E-state index in [1.54, 1.807) is 28.8 Å². The summed E-state index contributed by atoms with van der Waals surface area (Å²) in [5, 5.41) is 4.74. The Morgan fingerprint density at radius 1 is 0.838 bits per heavy atom. The molecule has 6 rings (SSSR count). The number of likely N-dealkylation sites (tertiary alicyclic amines) is 1. The molecule has 184 valence electrons. The fourth-order valence-electron chi connectivity index (χ4n) is 5.13. The molecule has 1 amide bonds. The van der Waals surface area contributed by atoms with Gasteiger partial charge < -0.3 is 4.90 Å². The third kappa shape index (κ3) is 4.75. The van der Waals surface area contributed by atoms with Crippen LogP contribution in [0.25, 0.3) is 28.2 Å². The molecule has 5 aromatic rings. The van der Waals surface area contributed by atoms with Crippen molar-refractivity contribution in [2.45, 2.75) is 19.3 Å². The number of hydrogen-bond acceptors (Lipinski definition) is 3. The number of fused-ring (bicyclic) bond motifs is 1. The summed E-state index contributed by atoms with van der Waals surface area (Å²) in [5.74, 6) is 0.0698. The van der Waals surface area contributed by atoms with Gasteiger partial charge in [0, 0.05) is 30.3 Å². The van der Waals surface area contributed by atoms with Gasteiger partial charge in [0.05, 0.1) is 11.4 Å². The quantitative estimate of drug-likeness (QED) is 0.291. The molecule has 3 heterocycles. The van der Waals surface area contributed by atoms with Crippen LogP contribution < -0.4 is 0 Å². The molecule has 5 nitrogen and oxygen atoms in total. The second-order valence-corrected chi connectivity index (χ2v) is 9.60. The molecule has 0 bridgehead atoms. The number of carbonyl (C=O) groups excluding carboxylic acids is 1. The highest BCUT2D eigenvalue weighted by Gasteiger charge is 2.27. The van der Waals surface area contributed by atoms with E-state index in [0.717, 1.165) is 30.5 Å². The van der Waals surface area contributed by atoms with Crippen LogP contribution in [0.4, 0.5) is 4.39 Å². The van der Waals surface area contributed by atoms with E-state index < -0.39 is 0 Å². The van der Waals surface area contributed by atoms with E-state index >= 15 is 0 Å². The predicted octanol–water partition coefficient (Wildman–Crippen LogP) is 6.30. The minimum absolute atomic E-state index is 0.106. The van der Waals surface area contributed by atoms with E-state index in [1.807, 2.05) is 47.4 Å². The molecule has 0 N–H and O–H groups in total. The molecule has 2 aromatic heterocycles. The fourth-order valence-corrected chi connectivity index (χ4v) is 5.13. The summed E-state index contributed by atoms with van der Waals surface area (Å²) in [7, 11) is 0. The number of hydrogen-bond donors (Lipinski definition) is 0. The number of carbonyl (C=O) groups is 1. The lowest BCUT2D eigenvalue weighted by Gasteiger charge is -2.32. The molecule has 1 aliphatic rings. The Bertz CT molecular complexity index is 1540. The normalized spacial score (nSPS) is 14.2. The third-order valence-electron chi connectivity index (χ3n) is 7.13. The van der Waals surface area contributed by atoms with Crippen molar-refractivity contribution < 1.29 is 9.18 Å². The summed E-state index contributed by atoms with van der Waals surface area (Å²) in [6.45, 7) is 1.37. The molecule has 1 saturated heterocycles. The maximum Gasteiger partial charge on any atom is 0.272 e. The molecule has 3 aromatic carbocycles. The highest BCUT2D eigenvalue weighted by molar-refractivity contribution is 5.94. The van der Waals surface area contributed by atoms with E-state index in [-0.39, 0.29) is 11.7 Å². The van der Waals surface area contributed by atoms with Gasteiger partial charge in [-0.2, -0.15) is 5.10 Å². The van der Waals surface area contributed by atoms with Crippen LogP contribution in [-0.4, -0.2) is 38.5 Å². The van der Waals surface area contributed by atoms with Crippen molar-refractivity contribution in [2.24, 2.45) is 5.92 Å². The van der Waals surface area contributed by atoms with Gasteiger partial charge >= 0.3 is 0 Å². The average molecular weight is 491 g/mol. The van der Waals surface area contributed by atoms with Gasteiger partial charge in [-0.1, -0.05) is 72.8 Å². The van der Waals surface area contributed by atoms with Crippen LogP contribution in [0.3, 0.4) is 0 Å². The van der Waals surface area contributed by atoms with Crippen molar-refractivity contribution in [1.29, 1.82) is 0 Å². The molecule has 0 atom stereocenters. The van der Waals surface area contributed by atoms with Crippen LogP contribution in [0.2, 0.25) is 0 Å². The molecule has 1 aliphatic heterocycles. The van der Waals surface area contributed by atoms with Gasteiger partial charge in [0.15, 0.2) is 5.65 Å². The highest BCUT2D eigenvalue weighted by Crippen LogP contribution is 2.28. The van der Waals surface area contributed by atoms with E-state index in [0.29, 0.717) is 41.6 Å². The van der Waals surface area contributed by atoms with Crippen molar-refractivity contribution in [3.8, 4) is 22.5 Å². The Labute approximate surface area is 215 Å². The molecular formula is C31H27FN4O. The van der Waals surface area contributed by atoms with Crippen LogP contribution in [-0.2, 0) is 6.42 Å². The predicted molar refractivity (Wildman–Crippen MR) is 143 cm³/mol. The van der Waals surface area contributed by atoms with Crippen molar-refractivity contribution in [2.75, 3.05) is 13.1 Å². The Kier molecular flexibility index (Phi) is 6.23. The van der Waals surface area contributed by atoms with E-state index in [9.17, 15) is 9.18 Å². The summed E-state index contributed by atoms with van der Waals surface area (Å²) in [6, 6.07) is 30.3. The molecule has 0 saturated carbocycles. The van der Waals surface area contributed by atoms with Crippen LogP contribution in [0.1, 0.15) is 28.9 Å². The number of halogens is 1. The number of piperidine rings is 1. The molecule has 0 unspecified atom stereocenters. The van der Waals surface area contributed by atoms with Gasteiger partial charge in [0.25, 0.3) is 5.91 Å². The van der Waals surface area contributed by atoms with Gasteiger partial charge in [-0.3, -0.25) is 4.79 Å². The first-order valence-electron chi connectivity index (χ1n) is 12.7. The van der Waals surface area contributed by atoms with Crippen LogP contribution in [0.5, 0.6) is 0 Å². The molecule has 0 aliphatic carbocycles. The van der Waals surface area contributed by atoms with Crippen molar-refractivity contribution in [1.82, 2.24) is 19.5 Å². The lowest BCUT2D eigenvalue weighted by atomic mass is 9.90. The largest absolute Gasteiger partial charge is 0.337 e. The zero-order valence-electron chi connectivity index (χ0n) is 20.4. The first-order valence-corrected chi connectivity index (χ1v) is 12.7. The van der Waals surface area contributed by atoms with Crippen LogP contribution in [0, 0.1) is 11.7 Å². The minimum atomic E-state index is -0.373. The lowest BCUT2D eigenvalue weighted by molar-refractivity contribution is 0.0681. The van der Waals surface area contributed by atoms with Gasteiger partial charge in [-0.15, -0.1) is 0 Å². The molecule has 0 spiro atoms. The summed E-state index contributed by atoms with van der Waals surface area (Å²) in [4.78, 5) is 20.4. The number of nitrogens with zero attached hydrogens (tertiary/aromatic N) is 4. The van der Waals surface area contributed by atoms with Gasteiger partial charge in [-0.25, -0.2) is 13.9 Å². The number of rotatable bonds is 5. The van der Waals surface area contributed by atoms with Crippen molar-refractivity contribution in [3.63, 3.8) is 0 Å². The zero-order chi connectivity index (χ0) is 25.2. The third-order valence-corrected chi connectivity index (χ3v) is 7.13. The summed E-state index contributed by atoms with van der Waals surface area (Å²) in [6.07, 6.45) is 2.92. The average Bonchev–Trinajstić information content (AvgIpc) is 3.38. The van der Waals surface area contributed by atoms with E-state index in [1.165, 1.54) is 11.6 Å². The Morgan fingerprint density at radius 3 is 2.24 bits per heavy atom. The number of benzene rings is 3. The Hall–Kier alpha value is -4.32. The minimum Gasteiger partial charge on any atom is -0.337 e. The second-order valence-electron chi connectivity index (χ2n) is 9.60. The SMILES string of the molecule is O=C(c1cc(-c2ccccc2F)nc2cc(-c3ccccc3)nn12)N1CCC(Cc2ccccc2)CC1. The Morgan fingerprint density at radius 2 is 1.51 bits per heavy atom. The molecule has 0 radical (unpaired) electrons. The van der Waals surface area contributed by atoms with Gasteiger partial charge in [0.2, 0.25) is 0 Å². The Balaban J connectivity index is 1.33. The topological polar surface area (TPSA) is 50.5 Å². The number of amides is 1. The van der Waals surface area contributed by atoms with E-state index in [2.05, 4.69) is 29.2 Å². The molecule has 1 fully saturated rings. The first kappa shape index (κ1) is 23.1. The fraction of sp³-hybridized carbons (Fsp3) is 0.194. The summed E-state index contributed by atoms with van der Waals surface area (Å²) < 4.78 is 16.3. The summed E-state index contributed by atoms with van der Waals surface area (Å²) >= 11 is 0. The van der Waals surface area contributed by atoms with Crippen LogP contribution >= 0.6 is 0 Å². The maximum atomic E-state index is 14.7.